The molecule has 0 aliphatic heterocycles. The molecule has 0 aromatic rings. The molecule has 128 valence electrons. The maximum absolute atomic E-state index is 11.3. The minimum Gasteiger partial charge on any atom is -1.00 e. The summed E-state index contributed by atoms with van der Waals surface area (Å²) < 4.78 is 31.4. The summed E-state index contributed by atoms with van der Waals surface area (Å²) in [6, 6.07) is 0. The second-order valence-electron chi connectivity index (χ2n) is 3.24. The summed E-state index contributed by atoms with van der Waals surface area (Å²) in [6.45, 7) is 14.9. The molecule has 0 aromatic heterocycles. The van der Waals surface area contributed by atoms with Gasteiger partial charge in [0, 0.05) is 18.5 Å². The third kappa shape index (κ3) is 24.0. The molecule has 0 spiro atoms. The van der Waals surface area contributed by atoms with Crippen molar-refractivity contribution < 1.29 is 40.1 Å². The van der Waals surface area contributed by atoms with Crippen LogP contribution in [0.25, 0.3) is 0 Å². The molecule has 0 aromatic carbocycles. The maximum Gasteiger partial charge on any atom is 2.00 e. The van der Waals surface area contributed by atoms with Crippen LogP contribution in [0.2, 0.25) is 0 Å². The molecule has 9 heteroatoms. The molecule has 0 heterocycles. The van der Waals surface area contributed by atoms with Gasteiger partial charge in [-0.05, 0) is 13.8 Å². The largest absolute Gasteiger partial charge is 2.00 e. The topological polar surface area (TPSA) is 72.8 Å². The summed E-state index contributed by atoms with van der Waals surface area (Å²) in [6.07, 6.45) is 1.52. The number of hydrogen-bond acceptors (Lipinski definition) is 4. The molecule has 0 fully saturated rings. The zero-order valence-corrected chi connectivity index (χ0v) is 19.1. The molecular weight excluding hydrogens is 390 g/mol. The van der Waals surface area contributed by atoms with Crippen molar-refractivity contribution >= 4 is 38.0 Å². The number of halogens is 1. The molecule has 0 rings (SSSR count). The van der Waals surface area contributed by atoms with Gasteiger partial charge in [0.1, 0.15) is 0 Å². The van der Waals surface area contributed by atoms with Crippen LogP contribution in [0.3, 0.4) is 0 Å². The van der Waals surface area contributed by atoms with E-state index in [4.69, 9.17) is 9.42 Å². The molecule has 1 unspecified atom stereocenters. The van der Waals surface area contributed by atoms with E-state index in [0.29, 0.717) is 25.5 Å². The smallest absolute Gasteiger partial charge is 1.00 e. The number of hydrogen-bond donors (Lipinski definition) is 1. The van der Waals surface area contributed by atoms with Crippen LogP contribution >= 0.6 is 15.0 Å². The molecule has 0 bridgehead atoms. The summed E-state index contributed by atoms with van der Waals surface area (Å²) in [4.78, 5) is 8.66. The van der Waals surface area contributed by atoms with Crippen molar-refractivity contribution in [1.82, 2.24) is 0 Å². The maximum atomic E-state index is 11.3. The number of rotatable bonds is 7. The molecule has 0 amide bonds. The fourth-order valence-corrected chi connectivity index (χ4v) is 2.80. The molecule has 0 radical (unpaired) electrons. The van der Waals surface area contributed by atoms with Crippen molar-refractivity contribution in [1.29, 1.82) is 0 Å². The van der Waals surface area contributed by atoms with Crippen LogP contribution < -0.4 is 17.0 Å². The van der Waals surface area contributed by atoms with E-state index in [1.807, 2.05) is 20.8 Å². The van der Waals surface area contributed by atoms with Gasteiger partial charge in [0.15, 0.2) is 0 Å². The standard InChI is InChI=1S/C6H15O2P.C4H11O3P.C2H5.BrH.Mg/c1-4-8-9(7,5-2)6-3;1-3-7-8(5,6)4-2;1-2;;/h4-6H2,1-3H3;3-4H2,1-2H3,(H,5,6);1H2,2H3;1H;/q;;-1;;+2/p-1. The molecule has 21 heavy (non-hydrogen) atoms. The van der Waals surface area contributed by atoms with Gasteiger partial charge in [-0.2, -0.15) is 6.92 Å². The Morgan fingerprint density at radius 3 is 1.29 bits per heavy atom. The molecule has 1 N–H and O–H groups in total. The fourth-order valence-electron chi connectivity index (χ4n) is 0.934. The van der Waals surface area contributed by atoms with Gasteiger partial charge in [0.25, 0.3) is 0 Å². The van der Waals surface area contributed by atoms with Crippen LogP contribution in [0, 0.1) is 6.92 Å². The predicted molar refractivity (Wildman–Crippen MR) is 89.1 cm³/mol. The SMILES string of the molecule is CCOP(=O)(CC)CC.CCOP(=O)(O)CC.[Br-].[CH2-]C.[Mg+2]. The van der Waals surface area contributed by atoms with Gasteiger partial charge in [-0.3, -0.25) is 9.13 Å². The van der Waals surface area contributed by atoms with Crippen molar-refractivity contribution in [2.45, 2.75) is 41.5 Å². The summed E-state index contributed by atoms with van der Waals surface area (Å²) in [5.41, 5.74) is 0. The van der Waals surface area contributed by atoms with E-state index in [1.54, 1.807) is 20.8 Å². The van der Waals surface area contributed by atoms with Crippen molar-refractivity contribution in [3.8, 4) is 0 Å². The van der Waals surface area contributed by atoms with Gasteiger partial charge in [-0.25, -0.2) is 0 Å². The molecule has 0 saturated carbocycles. The molecule has 1 atom stereocenters. The average Bonchev–Trinajstić information content (AvgIpc) is 2.42. The second-order valence-corrected chi connectivity index (χ2v) is 8.55. The van der Waals surface area contributed by atoms with Crippen molar-refractivity contribution in [3.63, 3.8) is 0 Å². The molecule has 0 saturated heterocycles. The first-order valence-electron chi connectivity index (χ1n) is 6.70. The van der Waals surface area contributed by atoms with E-state index in [2.05, 4.69) is 11.4 Å². The first kappa shape index (κ1) is 34.0. The van der Waals surface area contributed by atoms with Crippen LogP contribution in [0.15, 0.2) is 0 Å². The molecule has 0 aliphatic carbocycles. The quantitative estimate of drug-likeness (QED) is 0.378. The van der Waals surface area contributed by atoms with Crippen LogP contribution in [0.4, 0.5) is 0 Å². The Morgan fingerprint density at radius 2 is 1.19 bits per heavy atom. The van der Waals surface area contributed by atoms with Gasteiger partial charge in [-0.15, -0.1) is 0 Å². The van der Waals surface area contributed by atoms with Gasteiger partial charge >= 0.3 is 30.6 Å². The van der Waals surface area contributed by atoms with Crippen molar-refractivity contribution in [3.05, 3.63) is 6.92 Å². The molecule has 0 aliphatic rings. The zero-order valence-electron chi connectivity index (χ0n) is 14.3. The first-order chi connectivity index (χ1) is 8.80. The Morgan fingerprint density at radius 1 is 0.857 bits per heavy atom. The van der Waals surface area contributed by atoms with Crippen LogP contribution in [0.1, 0.15) is 41.5 Å². The van der Waals surface area contributed by atoms with Gasteiger partial charge in [0.05, 0.1) is 13.2 Å². The monoisotopic (exact) mass is 420 g/mol. The first-order valence-corrected chi connectivity index (χ1v) is 10.5. The van der Waals surface area contributed by atoms with Crippen LogP contribution in [0.5, 0.6) is 0 Å². The van der Waals surface area contributed by atoms with Crippen LogP contribution in [-0.2, 0) is 18.2 Å². The average molecular weight is 422 g/mol. The van der Waals surface area contributed by atoms with Crippen molar-refractivity contribution in [2.24, 2.45) is 0 Å². The predicted octanol–water partition coefficient (Wildman–Crippen LogP) is 1.03. The van der Waals surface area contributed by atoms with Gasteiger partial charge < -0.3 is 37.8 Å². The van der Waals surface area contributed by atoms with Gasteiger partial charge in [0.2, 0.25) is 7.37 Å². The van der Waals surface area contributed by atoms with E-state index >= 15 is 0 Å². The van der Waals surface area contributed by atoms with E-state index < -0.39 is 15.0 Å². The summed E-state index contributed by atoms with van der Waals surface area (Å²) in [7, 11) is -5.35. The third-order valence-corrected chi connectivity index (χ3v) is 6.18. The summed E-state index contributed by atoms with van der Waals surface area (Å²) in [5.74, 6) is 0. The fraction of sp³-hybridized carbons (Fsp3) is 0.917. The minimum atomic E-state index is -3.17. The molecular formula is C12H31BrMgO5P2. The summed E-state index contributed by atoms with van der Waals surface area (Å²) >= 11 is 0. The summed E-state index contributed by atoms with van der Waals surface area (Å²) in [5, 5.41) is 0. The zero-order chi connectivity index (χ0) is 15.9. The normalized spacial score (nSPS) is 12.2. The van der Waals surface area contributed by atoms with Crippen LogP contribution in [-0.4, -0.2) is 59.6 Å². The van der Waals surface area contributed by atoms with E-state index in [1.165, 1.54) is 0 Å². The van der Waals surface area contributed by atoms with Gasteiger partial charge in [-0.1, -0.05) is 20.8 Å². The Hall–Kier alpha value is 1.59. The van der Waals surface area contributed by atoms with E-state index in [-0.39, 0.29) is 46.2 Å². The second kappa shape index (κ2) is 21.6. The third-order valence-electron chi connectivity index (χ3n) is 2.06. The van der Waals surface area contributed by atoms with Crippen molar-refractivity contribution in [2.75, 3.05) is 31.7 Å². The Labute approximate surface area is 157 Å². The molecule has 5 nitrogen and oxygen atoms in total. The Kier molecular flexibility index (Phi) is 35.0. The van der Waals surface area contributed by atoms with E-state index in [9.17, 15) is 9.13 Å². The van der Waals surface area contributed by atoms with E-state index in [0.717, 1.165) is 0 Å². The Bertz CT molecular complexity index is 272. The Balaban J connectivity index is -0.0000000671. The minimum absolute atomic E-state index is 0.